The Morgan fingerprint density at radius 2 is 2.11 bits per heavy atom. The zero-order valence-corrected chi connectivity index (χ0v) is 12.9. The number of nitrogens with zero attached hydrogens (tertiary/aromatic N) is 2. The molecule has 0 radical (unpaired) electrons. The molecule has 2 aliphatic heterocycles. The van der Waals surface area contributed by atoms with Gasteiger partial charge in [-0.15, -0.1) is 11.3 Å². The van der Waals surface area contributed by atoms with Gasteiger partial charge in [0.15, 0.2) is 0 Å². The van der Waals surface area contributed by atoms with Gasteiger partial charge in [-0.1, -0.05) is 6.92 Å². The molecule has 4 heteroatoms. The Morgan fingerprint density at radius 3 is 2.68 bits per heavy atom. The quantitative estimate of drug-likeness (QED) is 0.898. The Kier molecular flexibility index (Phi) is 4.20. The summed E-state index contributed by atoms with van der Waals surface area (Å²) >= 11 is 1.78. The van der Waals surface area contributed by atoms with E-state index >= 15 is 0 Å². The van der Waals surface area contributed by atoms with Crippen LogP contribution < -0.4 is 5.32 Å². The highest BCUT2D eigenvalue weighted by molar-refractivity contribution is 7.09. The predicted molar refractivity (Wildman–Crippen MR) is 80.8 cm³/mol. The normalized spacial score (nSPS) is 30.9. The number of nitrogens with one attached hydrogen (secondary N) is 1. The highest BCUT2D eigenvalue weighted by Crippen LogP contribution is 2.35. The topological polar surface area (TPSA) is 28.2 Å². The van der Waals surface area contributed by atoms with Gasteiger partial charge in [0.1, 0.15) is 0 Å². The lowest BCUT2D eigenvalue weighted by Crippen LogP contribution is -2.49. The largest absolute Gasteiger partial charge is 0.314 e. The Balaban J connectivity index is 1.55. The molecule has 19 heavy (non-hydrogen) atoms. The van der Waals surface area contributed by atoms with Crippen molar-refractivity contribution in [1.29, 1.82) is 0 Å². The van der Waals surface area contributed by atoms with Crippen LogP contribution in [-0.4, -0.2) is 41.1 Å². The highest BCUT2D eigenvalue weighted by Gasteiger charge is 2.39. The van der Waals surface area contributed by atoms with Crippen LogP contribution >= 0.6 is 11.3 Å². The van der Waals surface area contributed by atoms with Gasteiger partial charge in [0.2, 0.25) is 0 Å². The zero-order chi connectivity index (χ0) is 13.2. The fourth-order valence-electron chi connectivity index (χ4n) is 3.86. The van der Waals surface area contributed by atoms with Crippen molar-refractivity contribution >= 4 is 11.3 Å². The first-order valence-corrected chi connectivity index (χ1v) is 8.54. The summed E-state index contributed by atoms with van der Waals surface area (Å²) in [5.74, 6) is 0. The van der Waals surface area contributed by atoms with E-state index in [0.29, 0.717) is 0 Å². The predicted octanol–water partition coefficient (Wildman–Crippen LogP) is 2.60. The number of thiazole rings is 1. The number of hydrogen-bond acceptors (Lipinski definition) is 4. The lowest BCUT2D eigenvalue weighted by Gasteiger charge is -2.39. The van der Waals surface area contributed by atoms with Gasteiger partial charge in [-0.25, -0.2) is 4.98 Å². The number of aromatic nitrogens is 1. The zero-order valence-electron chi connectivity index (χ0n) is 12.1. The van der Waals surface area contributed by atoms with Crippen LogP contribution in [0.3, 0.4) is 0 Å². The summed E-state index contributed by atoms with van der Waals surface area (Å²) in [5, 5.41) is 7.07. The van der Waals surface area contributed by atoms with Crippen LogP contribution in [0.25, 0.3) is 0 Å². The molecule has 0 aromatic carbocycles. The second-order valence-electron chi connectivity index (χ2n) is 5.96. The van der Waals surface area contributed by atoms with Crippen LogP contribution in [0, 0.1) is 6.92 Å². The number of fused-ring (bicyclic) bond motifs is 2. The molecule has 2 atom stereocenters. The van der Waals surface area contributed by atoms with Gasteiger partial charge >= 0.3 is 0 Å². The first-order valence-electron chi connectivity index (χ1n) is 7.66. The van der Waals surface area contributed by atoms with E-state index in [1.54, 1.807) is 11.3 Å². The Morgan fingerprint density at radius 1 is 1.37 bits per heavy atom. The summed E-state index contributed by atoms with van der Waals surface area (Å²) in [7, 11) is 0. The summed E-state index contributed by atoms with van der Waals surface area (Å²) in [6.07, 6.45) is 6.63. The molecule has 1 aromatic rings. The minimum Gasteiger partial charge on any atom is -0.314 e. The Labute approximate surface area is 120 Å². The van der Waals surface area contributed by atoms with Gasteiger partial charge in [-0.3, -0.25) is 4.90 Å². The molecule has 106 valence electrons. The molecular weight excluding hydrogens is 254 g/mol. The third kappa shape index (κ3) is 3.01. The van der Waals surface area contributed by atoms with Crippen molar-refractivity contribution in [2.45, 2.75) is 64.1 Å². The summed E-state index contributed by atoms with van der Waals surface area (Å²) in [5.41, 5.74) is 1.29. The number of rotatable bonds is 5. The van der Waals surface area contributed by atoms with Crippen molar-refractivity contribution in [1.82, 2.24) is 15.2 Å². The molecule has 2 fully saturated rings. The van der Waals surface area contributed by atoms with Crippen LogP contribution in [0.4, 0.5) is 0 Å². The average Bonchev–Trinajstić information content (AvgIpc) is 2.89. The molecule has 0 spiro atoms. The molecule has 3 heterocycles. The van der Waals surface area contributed by atoms with Crippen molar-refractivity contribution in [3.63, 3.8) is 0 Å². The van der Waals surface area contributed by atoms with Gasteiger partial charge in [-0.2, -0.15) is 0 Å². The maximum Gasteiger partial charge on any atom is 0.0897 e. The fraction of sp³-hybridized carbons (Fsp3) is 0.800. The van der Waals surface area contributed by atoms with E-state index in [-0.39, 0.29) is 0 Å². The van der Waals surface area contributed by atoms with E-state index in [4.69, 9.17) is 0 Å². The molecule has 3 rings (SSSR count). The maximum absolute atomic E-state index is 4.59. The molecule has 2 bridgehead atoms. The summed E-state index contributed by atoms with van der Waals surface area (Å²) in [6, 6.07) is 2.41. The third-order valence-electron chi connectivity index (χ3n) is 4.67. The lowest BCUT2D eigenvalue weighted by atomic mass is 9.97. The lowest BCUT2D eigenvalue weighted by molar-refractivity contribution is 0.119. The molecule has 3 nitrogen and oxygen atoms in total. The molecule has 2 unspecified atom stereocenters. The Bertz CT molecular complexity index is 403. The molecule has 1 aromatic heterocycles. The molecule has 2 aliphatic rings. The van der Waals surface area contributed by atoms with E-state index in [0.717, 1.165) is 31.1 Å². The molecule has 0 saturated carbocycles. The van der Waals surface area contributed by atoms with Crippen molar-refractivity contribution < 1.29 is 0 Å². The second-order valence-corrected chi connectivity index (χ2v) is 7.02. The summed E-state index contributed by atoms with van der Waals surface area (Å²) in [4.78, 5) is 7.36. The van der Waals surface area contributed by atoms with Gasteiger partial charge < -0.3 is 5.32 Å². The fourth-order valence-corrected chi connectivity index (χ4v) is 4.51. The van der Waals surface area contributed by atoms with Crippen LogP contribution in [0.1, 0.15) is 43.3 Å². The van der Waals surface area contributed by atoms with Crippen LogP contribution in [0.2, 0.25) is 0 Å². The van der Waals surface area contributed by atoms with Crippen LogP contribution in [-0.2, 0) is 6.42 Å². The van der Waals surface area contributed by atoms with Crippen molar-refractivity contribution in [2.24, 2.45) is 0 Å². The molecule has 0 aliphatic carbocycles. The maximum atomic E-state index is 4.59. The smallest absolute Gasteiger partial charge is 0.0897 e. The van der Waals surface area contributed by atoms with E-state index in [2.05, 4.69) is 34.4 Å². The molecule has 1 N–H and O–H groups in total. The molecule has 2 saturated heterocycles. The highest BCUT2D eigenvalue weighted by atomic mass is 32.1. The molecule has 0 amide bonds. The van der Waals surface area contributed by atoms with E-state index < -0.39 is 0 Å². The third-order valence-corrected chi connectivity index (χ3v) is 5.49. The van der Waals surface area contributed by atoms with Crippen molar-refractivity contribution in [2.75, 3.05) is 13.1 Å². The monoisotopic (exact) mass is 279 g/mol. The SMILES string of the molecule is CCNC1CC2CCC(C1)N2CCc1csc(C)n1. The number of aryl methyl sites for hydroxylation is 1. The van der Waals surface area contributed by atoms with E-state index in [9.17, 15) is 0 Å². The first kappa shape index (κ1) is 13.5. The number of piperidine rings is 1. The van der Waals surface area contributed by atoms with E-state index in [1.807, 2.05) is 0 Å². The first-order chi connectivity index (χ1) is 9.26. The summed E-state index contributed by atoms with van der Waals surface area (Å²) in [6.45, 7) is 6.64. The van der Waals surface area contributed by atoms with Gasteiger partial charge in [0.05, 0.1) is 10.7 Å². The van der Waals surface area contributed by atoms with Gasteiger partial charge in [0.25, 0.3) is 0 Å². The minimum atomic E-state index is 0.764. The number of hydrogen-bond donors (Lipinski definition) is 1. The second kappa shape index (κ2) is 5.90. The molecular formula is C15H25N3S. The standard InChI is InChI=1S/C15H25N3S/c1-3-16-13-8-14-4-5-15(9-13)18(14)7-6-12-10-19-11(2)17-12/h10,13-16H,3-9H2,1-2H3. The van der Waals surface area contributed by atoms with Gasteiger partial charge in [0, 0.05) is 36.5 Å². The Hall–Kier alpha value is -0.450. The van der Waals surface area contributed by atoms with Crippen molar-refractivity contribution in [3.05, 3.63) is 16.1 Å². The average molecular weight is 279 g/mol. The summed E-state index contributed by atoms with van der Waals surface area (Å²) < 4.78 is 0. The van der Waals surface area contributed by atoms with Crippen LogP contribution in [0.15, 0.2) is 5.38 Å². The van der Waals surface area contributed by atoms with Crippen LogP contribution in [0.5, 0.6) is 0 Å². The van der Waals surface area contributed by atoms with E-state index in [1.165, 1.54) is 42.9 Å². The minimum absolute atomic E-state index is 0.764. The van der Waals surface area contributed by atoms with Gasteiger partial charge in [-0.05, 0) is 39.2 Å². The van der Waals surface area contributed by atoms with Crippen molar-refractivity contribution in [3.8, 4) is 0 Å².